The van der Waals surface area contributed by atoms with E-state index in [4.69, 9.17) is 25.8 Å². The molecule has 0 aliphatic carbocycles. The normalized spacial score (nSPS) is 11.4. The summed E-state index contributed by atoms with van der Waals surface area (Å²) in [6.07, 6.45) is -2.41. The largest absolute Gasteiger partial charge is 0.506 e. The first kappa shape index (κ1) is 25.6. The molecule has 0 saturated heterocycles. The lowest BCUT2D eigenvalue weighted by Gasteiger charge is -2.15. The Balaban J connectivity index is 1.72. The van der Waals surface area contributed by atoms with Crippen molar-refractivity contribution in [3.63, 3.8) is 0 Å². The standard InChI is InChI=1S/C23H19ClF3N3O5/c1-33-19-7-13(10-29-30-22(32)14-3-6-18(31)17(24)9-14)8-20(34-2)21(19)35-12-16-5-4-15(11-28-16)23(25,26)27/h3-11,31H,12H2,1-2H3,(H,30,32). The van der Waals surface area contributed by atoms with Crippen molar-refractivity contribution in [3.8, 4) is 23.0 Å². The summed E-state index contributed by atoms with van der Waals surface area (Å²) in [5.74, 6) is 0.0220. The van der Waals surface area contributed by atoms with Gasteiger partial charge in [0.2, 0.25) is 5.75 Å². The van der Waals surface area contributed by atoms with Crippen molar-refractivity contribution < 1.29 is 37.3 Å². The predicted molar refractivity (Wildman–Crippen MR) is 121 cm³/mol. The summed E-state index contributed by atoms with van der Waals surface area (Å²) in [5.41, 5.74) is 2.43. The van der Waals surface area contributed by atoms with Crippen LogP contribution in [0.4, 0.5) is 13.2 Å². The summed E-state index contributed by atoms with van der Waals surface area (Å²) in [4.78, 5) is 16.0. The van der Waals surface area contributed by atoms with Crippen LogP contribution in [0.2, 0.25) is 5.02 Å². The number of methoxy groups -OCH3 is 2. The maximum atomic E-state index is 12.7. The highest BCUT2D eigenvalue weighted by Crippen LogP contribution is 2.39. The summed E-state index contributed by atoms with van der Waals surface area (Å²) in [5, 5.41) is 13.4. The summed E-state index contributed by atoms with van der Waals surface area (Å²) in [7, 11) is 2.80. The van der Waals surface area contributed by atoms with Gasteiger partial charge in [0, 0.05) is 17.3 Å². The van der Waals surface area contributed by atoms with Crippen molar-refractivity contribution in [2.75, 3.05) is 14.2 Å². The van der Waals surface area contributed by atoms with Gasteiger partial charge in [-0.3, -0.25) is 9.78 Å². The highest BCUT2D eigenvalue weighted by atomic mass is 35.5. The molecule has 8 nitrogen and oxygen atoms in total. The SMILES string of the molecule is COc1cc(C=NNC(=O)c2ccc(O)c(Cl)c2)cc(OC)c1OCc1ccc(C(F)(F)F)cn1. The number of hydrogen-bond acceptors (Lipinski definition) is 7. The van der Waals surface area contributed by atoms with Crippen molar-refractivity contribution in [1.29, 1.82) is 0 Å². The van der Waals surface area contributed by atoms with Crippen LogP contribution >= 0.6 is 11.6 Å². The van der Waals surface area contributed by atoms with Crippen molar-refractivity contribution in [2.24, 2.45) is 5.10 Å². The fraction of sp³-hybridized carbons (Fsp3) is 0.174. The molecule has 0 bridgehead atoms. The third-order valence-corrected chi connectivity index (χ3v) is 4.89. The van der Waals surface area contributed by atoms with Crippen LogP contribution < -0.4 is 19.6 Å². The fourth-order valence-corrected chi connectivity index (χ4v) is 3.00. The zero-order valence-corrected chi connectivity index (χ0v) is 19.1. The van der Waals surface area contributed by atoms with Crippen molar-refractivity contribution in [1.82, 2.24) is 10.4 Å². The van der Waals surface area contributed by atoms with Gasteiger partial charge in [-0.1, -0.05) is 11.6 Å². The van der Waals surface area contributed by atoms with E-state index in [2.05, 4.69) is 15.5 Å². The number of aromatic nitrogens is 1. The van der Waals surface area contributed by atoms with Crippen LogP contribution in [0, 0.1) is 0 Å². The Kier molecular flexibility index (Phi) is 8.02. The van der Waals surface area contributed by atoms with Crippen molar-refractivity contribution >= 4 is 23.7 Å². The molecule has 0 spiro atoms. The Morgan fingerprint density at radius 2 is 1.83 bits per heavy atom. The molecule has 0 aliphatic rings. The Morgan fingerprint density at radius 3 is 2.37 bits per heavy atom. The maximum Gasteiger partial charge on any atom is 0.417 e. The van der Waals surface area contributed by atoms with E-state index in [9.17, 15) is 23.1 Å². The average molecular weight is 510 g/mol. The van der Waals surface area contributed by atoms with Gasteiger partial charge >= 0.3 is 6.18 Å². The van der Waals surface area contributed by atoms with Crippen LogP contribution in [0.1, 0.15) is 27.2 Å². The monoisotopic (exact) mass is 509 g/mol. The number of rotatable bonds is 8. The molecule has 12 heteroatoms. The number of aromatic hydroxyl groups is 1. The number of nitrogens with one attached hydrogen (secondary N) is 1. The molecule has 2 N–H and O–H groups in total. The van der Waals surface area contributed by atoms with Crippen LogP contribution in [0.25, 0.3) is 0 Å². The van der Waals surface area contributed by atoms with E-state index < -0.39 is 17.6 Å². The average Bonchev–Trinajstić information content (AvgIpc) is 2.83. The number of pyridine rings is 1. The number of amides is 1. The highest BCUT2D eigenvalue weighted by molar-refractivity contribution is 6.32. The number of ether oxygens (including phenoxy) is 3. The molecular weight excluding hydrogens is 491 g/mol. The number of benzene rings is 2. The second-order valence-corrected chi connectivity index (χ2v) is 7.35. The van der Waals surface area contributed by atoms with Gasteiger partial charge in [0.15, 0.2) is 11.5 Å². The molecule has 0 aliphatic heterocycles. The van der Waals surface area contributed by atoms with E-state index in [1.54, 1.807) is 12.1 Å². The van der Waals surface area contributed by atoms with Gasteiger partial charge in [0.25, 0.3) is 5.91 Å². The number of phenols is 1. The zero-order chi connectivity index (χ0) is 25.6. The van der Waals surface area contributed by atoms with Crippen LogP contribution in [-0.4, -0.2) is 36.4 Å². The molecule has 0 fully saturated rings. The van der Waals surface area contributed by atoms with Crippen LogP contribution in [0.5, 0.6) is 23.0 Å². The number of hydrazone groups is 1. The van der Waals surface area contributed by atoms with Gasteiger partial charge in [0.05, 0.1) is 36.7 Å². The molecule has 1 heterocycles. The second-order valence-electron chi connectivity index (χ2n) is 6.94. The summed E-state index contributed by atoms with van der Waals surface area (Å²) in [6, 6.07) is 9.22. The maximum absolute atomic E-state index is 12.7. The molecule has 184 valence electrons. The molecular formula is C23H19ClF3N3O5. The number of phenolic OH excluding ortho intramolecular Hbond substituents is 1. The number of alkyl halides is 3. The molecule has 0 radical (unpaired) electrons. The van der Waals surface area contributed by atoms with E-state index in [0.29, 0.717) is 5.56 Å². The van der Waals surface area contributed by atoms with Gasteiger partial charge < -0.3 is 19.3 Å². The van der Waals surface area contributed by atoms with Gasteiger partial charge in [-0.2, -0.15) is 18.3 Å². The first-order chi connectivity index (χ1) is 16.6. The molecule has 0 unspecified atom stereocenters. The Morgan fingerprint density at radius 1 is 1.14 bits per heavy atom. The van der Waals surface area contributed by atoms with E-state index in [1.807, 2.05) is 0 Å². The van der Waals surface area contributed by atoms with Gasteiger partial charge in [-0.15, -0.1) is 0 Å². The Labute approximate surface area is 202 Å². The second kappa shape index (κ2) is 11.0. The molecule has 1 amide bonds. The minimum atomic E-state index is -4.48. The molecule has 35 heavy (non-hydrogen) atoms. The lowest BCUT2D eigenvalue weighted by atomic mass is 10.2. The molecule has 0 saturated carbocycles. The third-order valence-electron chi connectivity index (χ3n) is 4.59. The lowest BCUT2D eigenvalue weighted by Crippen LogP contribution is -2.17. The summed E-state index contributed by atoms with van der Waals surface area (Å²) >= 11 is 5.80. The fourth-order valence-electron chi connectivity index (χ4n) is 2.82. The third kappa shape index (κ3) is 6.54. The lowest BCUT2D eigenvalue weighted by molar-refractivity contribution is -0.137. The minimum Gasteiger partial charge on any atom is -0.506 e. The number of hydrogen-bond donors (Lipinski definition) is 2. The molecule has 2 aromatic carbocycles. The smallest absolute Gasteiger partial charge is 0.417 e. The Bertz CT molecular complexity index is 1210. The minimum absolute atomic E-state index is 0.0261. The highest BCUT2D eigenvalue weighted by Gasteiger charge is 2.30. The number of nitrogens with zero attached hydrogens (tertiary/aromatic N) is 2. The summed E-state index contributed by atoms with van der Waals surface area (Å²) in [6.45, 7) is -0.135. The van der Waals surface area contributed by atoms with E-state index >= 15 is 0 Å². The van der Waals surface area contributed by atoms with Gasteiger partial charge in [-0.25, -0.2) is 5.43 Å². The summed E-state index contributed by atoms with van der Waals surface area (Å²) < 4.78 is 54.5. The zero-order valence-electron chi connectivity index (χ0n) is 18.4. The van der Waals surface area contributed by atoms with Crippen LogP contribution in [-0.2, 0) is 12.8 Å². The van der Waals surface area contributed by atoms with E-state index in [1.165, 1.54) is 44.7 Å². The number of carbonyl (C=O) groups excluding carboxylic acids is 1. The quantitative estimate of drug-likeness (QED) is 0.333. The van der Waals surface area contributed by atoms with Gasteiger partial charge in [-0.05, 0) is 42.5 Å². The predicted octanol–water partition coefficient (Wildman–Crippen LogP) is 4.82. The van der Waals surface area contributed by atoms with Crippen LogP contribution in [0.15, 0.2) is 53.8 Å². The van der Waals surface area contributed by atoms with E-state index in [-0.39, 0.29) is 45.9 Å². The van der Waals surface area contributed by atoms with Crippen LogP contribution in [0.3, 0.4) is 0 Å². The first-order valence-corrected chi connectivity index (χ1v) is 10.2. The van der Waals surface area contributed by atoms with Gasteiger partial charge in [0.1, 0.15) is 12.4 Å². The molecule has 3 aromatic rings. The number of carbonyl (C=O) groups is 1. The first-order valence-electron chi connectivity index (χ1n) is 9.85. The van der Waals surface area contributed by atoms with Crippen molar-refractivity contribution in [2.45, 2.75) is 12.8 Å². The topological polar surface area (TPSA) is 102 Å². The van der Waals surface area contributed by atoms with E-state index in [0.717, 1.165) is 12.3 Å². The Hall–Kier alpha value is -3.99. The van der Waals surface area contributed by atoms with Crippen molar-refractivity contribution in [3.05, 3.63) is 76.1 Å². The molecule has 3 rings (SSSR count). The number of halogens is 4. The molecule has 0 atom stereocenters. The molecule has 1 aromatic heterocycles.